The quantitative estimate of drug-likeness (QED) is 0.648. The molecule has 1 unspecified atom stereocenters. The summed E-state index contributed by atoms with van der Waals surface area (Å²) in [5, 5.41) is 9.94. The molecule has 0 heterocycles. The molecule has 0 aliphatic heterocycles. The van der Waals surface area contributed by atoms with Crippen LogP contribution in [0.3, 0.4) is 0 Å². The maximum atomic E-state index is 12.1. The standard InChI is InChI=1S/C25H28O6/c1-4-21(25(24(27)28)12-5-13-25)31-22-18(9-11-20(29-2)23(22)30-3)16-6-8-17-15(14-16)7-10-19(17)26/h6,8-9,11,14,21H,4-5,7,10,12-13H2,1-3H3,(H,27,28). The molecule has 2 aromatic carbocycles. The van der Waals surface area contributed by atoms with Crippen LogP contribution in [0, 0.1) is 5.41 Å². The van der Waals surface area contributed by atoms with Gasteiger partial charge in [-0.3, -0.25) is 9.59 Å². The molecule has 0 aromatic heterocycles. The highest BCUT2D eigenvalue weighted by Crippen LogP contribution is 2.51. The number of carboxylic acids is 1. The van der Waals surface area contributed by atoms with Gasteiger partial charge in [-0.1, -0.05) is 31.5 Å². The summed E-state index contributed by atoms with van der Waals surface area (Å²) in [6.45, 7) is 1.95. The van der Waals surface area contributed by atoms with Gasteiger partial charge in [0.15, 0.2) is 17.3 Å². The Morgan fingerprint density at radius 1 is 1.06 bits per heavy atom. The first-order valence-electron chi connectivity index (χ1n) is 10.8. The summed E-state index contributed by atoms with van der Waals surface area (Å²) in [6.07, 6.45) is 3.41. The Bertz CT molecular complexity index is 1020. The molecule has 4 rings (SSSR count). The van der Waals surface area contributed by atoms with E-state index in [1.54, 1.807) is 14.2 Å². The summed E-state index contributed by atoms with van der Waals surface area (Å²) in [4.78, 5) is 24.2. The molecule has 2 aliphatic carbocycles. The van der Waals surface area contributed by atoms with Gasteiger partial charge in [0, 0.05) is 17.5 Å². The highest BCUT2D eigenvalue weighted by molar-refractivity contribution is 6.01. The minimum atomic E-state index is -0.884. The third-order valence-corrected chi connectivity index (χ3v) is 6.76. The molecule has 6 nitrogen and oxygen atoms in total. The molecule has 2 aromatic rings. The molecule has 164 valence electrons. The number of carbonyl (C=O) groups excluding carboxylic acids is 1. The van der Waals surface area contributed by atoms with E-state index in [9.17, 15) is 14.7 Å². The first-order chi connectivity index (χ1) is 14.9. The predicted octanol–water partition coefficient (Wildman–Crippen LogP) is 4.91. The average Bonchev–Trinajstić information content (AvgIpc) is 3.11. The molecule has 0 radical (unpaired) electrons. The van der Waals surface area contributed by atoms with Crippen LogP contribution in [0.4, 0.5) is 0 Å². The molecule has 0 bridgehead atoms. The Morgan fingerprint density at radius 2 is 1.81 bits per heavy atom. The number of fused-ring (bicyclic) bond motifs is 1. The van der Waals surface area contributed by atoms with Gasteiger partial charge < -0.3 is 19.3 Å². The average molecular weight is 424 g/mol. The molecule has 1 saturated carbocycles. The van der Waals surface area contributed by atoms with Crippen LogP contribution in [0.15, 0.2) is 30.3 Å². The number of carbonyl (C=O) groups is 2. The molecule has 1 atom stereocenters. The van der Waals surface area contributed by atoms with Crippen molar-refractivity contribution in [2.75, 3.05) is 14.2 Å². The zero-order valence-electron chi connectivity index (χ0n) is 18.2. The highest BCUT2D eigenvalue weighted by Gasteiger charge is 2.52. The molecule has 0 spiro atoms. The number of ether oxygens (including phenoxy) is 3. The Balaban J connectivity index is 1.82. The fourth-order valence-corrected chi connectivity index (χ4v) is 4.83. The minimum Gasteiger partial charge on any atom is -0.493 e. The van der Waals surface area contributed by atoms with Gasteiger partial charge in [0.25, 0.3) is 0 Å². The molecule has 0 saturated heterocycles. The zero-order chi connectivity index (χ0) is 22.2. The van der Waals surface area contributed by atoms with E-state index in [4.69, 9.17) is 14.2 Å². The van der Waals surface area contributed by atoms with Crippen molar-refractivity contribution in [2.24, 2.45) is 5.41 Å². The van der Waals surface area contributed by atoms with E-state index in [0.717, 1.165) is 35.1 Å². The second-order valence-corrected chi connectivity index (χ2v) is 8.30. The molecule has 2 aliphatic rings. The lowest BCUT2D eigenvalue weighted by atomic mass is 9.64. The van der Waals surface area contributed by atoms with Crippen LogP contribution in [0.5, 0.6) is 17.2 Å². The smallest absolute Gasteiger partial charge is 0.313 e. The van der Waals surface area contributed by atoms with Gasteiger partial charge in [-0.05, 0) is 48.9 Å². The Labute approximate surface area is 182 Å². The van der Waals surface area contributed by atoms with Crippen LogP contribution < -0.4 is 14.2 Å². The van der Waals surface area contributed by atoms with E-state index in [0.29, 0.717) is 42.9 Å². The Morgan fingerprint density at radius 3 is 2.39 bits per heavy atom. The SMILES string of the molecule is CCC(Oc1c(-c2ccc3c(c2)CCC3=O)ccc(OC)c1OC)C1(C(=O)O)CCC1. The van der Waals surface area contributed by atoms with E-state index in [1.807, 2.05) is 37.3 Å². The van der Waals surface area contributed by atoms with E-state index in [1.165, 1.54) is 0 Å². The van der Waals surface area contributed by atoms with Gasteiger partial charge in [-0.2, -0.15) is 0 Å². The van der Waals surface area contributed by atoms with E-state index < -0.39 is 17.5 Å². The van der Waals surface area contributed by atoms with E-state index in [-0.39, 0.29) is 5.78 Å². The molecular weight excluding hydrogens is 396 g/mol. The maximum Gasteiger partial charge on any atom is 0.313 e. The topological polar surface area (TPSA) is 82.1 Å². The second kappa shape index (κ2) is 8.25. The number of hydrogen-bond donors (Lipinski definition) is 1. The highest BCUT2D eigenvalue weighted by atomic mass is 16.5. The maximum absolute atomic E-state index is 12.1. The summed E-state index contributed by atoms with van der Waals surface area (Å²) in [7, 11) is 3.11. The normalized spacial score (nSPS) is 17.5. The number of aliphatic carboxylic acids is 1. The van der Waals surface area contributed by atoms with Gasteiger partial charge in [0.05, 0.1) is 14.2 Å². The molecule has 31 heavy (non-hydrogen) atoms. The van der Waals surface area contributed by atoms with Gasteiger partial charge >= 0.3 is 5.97 Å². The van der Waals surface area contributed by atoms with Crippen LogP contribution in [0.25, 0.3) is 11.1 Å². The van der Waals surface area contributed by atoms with Crippen LogP contribution in [0.2, 0.25) is 0 Å². The largest absolute Gasteiger partial charge is 0.493 e. The summed E-state index contributed by atoms with van der Waals surface area (Å²) >= 11 is 0. The monoisotopic (exact) mass is 424 g/mol. The number of ketones is 1. The van der Waals surface area contributed by atoms with Crippen molar-refractivity contribution in [2.45, 2.75) is 51.6 Å². The van der Waals surface area contributed by atoms with Crippen LogP contribution in [-0.2, 0) is 11.2 Å². The van der Waals surface area contributed by atoms with E-state index in [2.05, 4.69) is 0 Å². The first kappa shape index (κ1) is 21.2. The number of Topliss-reactive ketones (excluding diaryl/α,β-unsaturated/α-hetero) is 1. The van der Waals surface area contributed by atoms with Crippen molar-refractivity contribution in [1.29, 1.82) is 0 Å². The number of methoxy groups -OCH3 is 2. The van der Waals surface area contributed by atoms with Crippen LogP contribution in [-0.4, -0.2) is 37.2 Å². The first-order valence-corrected chi connectivity index (χ1v) is 10.8. The number of rotatable bonds is 8. The van der Waals surface area contributed by atoms with Gasteiger partial charge in [0.2, 0.25) is 5.75 Å². The summed E-state index contributed by atoms with van der Waals surface area (Å²) in [5.41, 5.74) is 2.61. The lowest BCUT2D eigenvalue weighted by molar-refractivity contribution is -0.163. The molecule has 1 fully saturated rings. The van der Waals surface area contributed by atoms with E-state index >= 15 is 0 Å². The second-order valence-electron chi connectivity index (χ2n) is 8.30. The molecular formula is C25H28O6. The number of hydrogen-bond acceptors (Lipinski definition) is 5. The third-order valence-electron chi connectivity index (χ3n) is 6.76. The minimum absolute atomic E-state index is 0.171. The van der Waals surface area contributed by atoms with Crippen molar-refractivity contribution in [1.82, 2.24) is 0 Å². The number of carboxylic acid groups (broad SMARTS) is 1. The molecule has 1 N–H and O–H groups in total. The molecule has 6 heteroatoms. The predicted molar refractivity (Wildman–Crippen MR) is 116 cm³/mol. The lowest BCUT2D eigenvalue weighted by Gasteiger charge is -2.43. The summed E-state index contributed by atoms with van der Waals surface area (Å²) in [5.74, 6) is 0.792. The number of benzene rings is 2. The van der Waals surface area contributed by atoms with Gasteiger partial charge in [-0.15, -0.1) is 0 Å². The number of aryl methyl sites for hydroxylation is 1. The Hall–Kier alpha value is -3.02. The van der Waals surface area contributed by atoms with Crippen LogP contribution in [0.1, 0.15) is 54.9 Å². The van der Waals surface area contributed by atoms with Gasteiger partial charge in [-0.25, -0.2) is 0 Å². The van der Waals surface area contributed by atoms with Gasteiger partial charge in [0.1, 0.15) is 11.5 Å². The third kappa shape index (κ3) is 3.44. The summed E-state index contributed by atoms with van der Waals surface area (Å²) < 4.78 is 17.6. The Kier molecular flexibility index (Phi) is 5.65. The fraction of sp³-hybridized carbons (Fsp3) is 0.440. The molecule has 0 amide bonds. The van der Waals surface area contributed by atoms with Crippen molar-refractivity contribution >= 4 is 11.8 Å². The van der Waals surface area contributed by atoms with Crippen LogP contribution >= 0.6 is 0 Å². The van der Waals surface area contributed by atoms with Crippen molar-refractivity contribution in [3.8, 4) is 28.4 Å². The van der Waals surface area contributed by atoms with Crippen molar-refractivity contribution < 1.29 is 28.9 Å². The summed E-state index contributed by atoms with van der Waals surface area (Å²) in [6, 6.07) is 9.51. The fourth-order valence-electron chi connectivity index (χ4n) is 4.83. The van der Waals surface area contributed by atoms with Crippen molar-refractivity contribution in [3.63, 3.8) is 0 Å². The van der Waals surface area contributed by atoms with Crippen molar-refractivity contribution in [3.05, 3.63) is 41.5 Å². The zero-order valence-corrected chi connectivity index (χ0v) is 18.2. The lowest BCUT2D eigenvalue weighted by Crippen LogP contribution is -2.50.